The number of rotatable bonds is 7. The predicted octanol–water partition coefficient (Wildman–Crippen LogP) is 1.69. The quantitative estimate of drug-likeness (QED) is 0.739. The Morgan fingerprint density at radius 2 is 2.12 bits per heavy atom. The van der Waals surface area contributed by atoms with E-state index in [2.05, 4.69) is 18.3 Å². The minimum Gasteiger partial charge on any atom is -0.392 e. The van der Waals surface area contributed by atoms with Gasteiger partial charge in [0.1, 0.15) is 0 Å². The van der Waals surface area contributed by atoms with E-state index in [0.29, 0.717) is 6.04 Å². The maximum Gasteiger partial charge on any atom is 0.0681 e. The maximum atomic E-state index is 9.02. The summed E-state index contributed by atoms with van der Waals surface area (Å²) in [5.74, 6) is 0. The van der Waals surface area contributed by atoms with Crippen molar-refractivity contribution in [2.24, 2.45) is 0 Å². The Kier molecular flexibility index (Phi) is 6.08. The molecule has 2 N–H and O–H groups in total. The molecule has 0 aromatic heterocycles. The van der Waals surface area contributed by atoms with Gasteiger partial charge in [0.25, 0.3) is 0 Å². The summed E-state index contributed by atoms with van der Waals surface area (Å²) in [7, 11) is 1.72. The number of aliphatic hydroxyl groups is 1. The number of ether oxygens (including phenoxy) is 1. The fourth-order valence-corrected chi connectivity index (χ4v) is 1.53. The second-order valence-electron chi connectivity index (χ2n) is 4.04. The van der Waals surface area contributed by atoms with Crippen LogP contribution in [0, 0.1) is 0 Å². The molecule has 1 aromatic rings. The third-order valence-electron chi connectivity index (χ3n) is 2.58. The maximum absolute atomic E-state index is 9.02. The van der Waals surface area contributed by atoms with E-state index >= 15 is 0 Å². The molecule has 0 spiro atoms. The molecular formula is C13H21NO2. The van der Waals surface area contributed by atoms with Crippen molar-refractivity contribution in [3.8, 4) is 0 Å². The van der Waals surface area contributed by atoms with Gasteiger partial charge in [-0.05, 0) is 24.5 Å². The van der Waals surface area contributed by atoms with Crippen LogP contribution in [0.3, 0.4) is 0 Å². The lowest BCUT2D eigenvalue weighted by Crippen LogP contribution is -2.26. The highest BCUT2D eigenvalue weighted by molar-refractivity contribution is 5.22. The molecule has 0 fully saturated rings. The molecule has 1 aromatic carbocycles. The third-order valence-corrected chi connectivity index (χ3v) is 2.58. The van der Waals surface area contributed by atoms with E-state index in [1.165, 1.54) is 5.56 Å². The van der Waals surface area contributed by atoms with Gasteiger partial charge in [0.05, 0.1) is 6.61 Å². The minimum atomic E-state index is 0.104. The third kappa shape index (κ3) is 4.75. The second kappa shape index (κ2) is 7.39. The topological polar surface area (TPSA) is 41.5 Å². The largest absolute Gasteiger partial charge is 0.392 e. The van der Waals surface area contributed by atoms with Crippen molar-refractivity contribution in [2.45, 2.75) is 32.5 Å². The van der Waals surface area contributed by atoms with Gasteiger partial charge in [-0.25, -0.2) is 0 Å². The molecule has 0 amide bonds. The van der Waals surface area contributed by atoms with E-state index in [-0.39, 0.29) is 6.61 Å². The summed E-state index contributed by atoms with van der Waals surface area (Å²) in [6.07, 6.45) is 1.01. The normalized spacial score (nSPS) is 12.7. The first kappa shape index (κ1) is 13.2. The van der Waals surface area contributed by atoms with Gasteiger partial charge >= 0.3 is 0 Å². The average molecular weight is 223 g/mol. The molecule has 16 heavy (non-hydrogen) atoms. The monoisotopic (exact) mass is 223 g/mol. The molecule has 1 atom stereocenters. The minimum absolute atomic E-state index is 0.104. The zero-order valence-corrected chi connectivity index (χ0v) is 10.1. The standard InChI is InChI=1S/C13H21NO2/c1-11(6-7-16-2)14-9-12-4-3-5-13(8-12)10-15/h3-5,8,11,14-15H,6-7,9-10H2,1-2H3. The average Bonchev–Trinajstić information content (AvgIpc) is 2.34. The zero-order valence-electron chi connectivity index (χ0n) is 10.1. The van der Waals surface area contributed by atoms with Crippen LogP contribution in [0.1, 0.15) is 24.5 Å². The summed E-state index contributed by atoms with van der Waals surface area (Å²) in [5.41, 5.74) is 2.17. The predicted molar refractivity (Wildman–Crippen MR) is 65.2 cm³/mol. The summed E-state index contributed by atoms with van der Waals surface area (Å²) in [4.78, 5) is 0. The molecule has 0 aliphatic carbocycles. The molecule has 90 valence electrons. The van der Waals surface area contributed by atoms with Crippen LogP contribution in [0.25, 0.3) is 0 Å². The lowest BCUT2D eigenvalue weighted by atomic mass is 10.1. The molecular weight excluding hydrogens is 202 g/mol. The van der Waals surface area contributed by atoms with Crippen LogP contribution < -0.4 is 5.32 Å². The van der Waals surface area contributed by atoms with Gasteiger partial charge in [-0.15, -0.1) is 0 Å². The van der Waals surface area contributed by atoms with Gasteiger partial charge in [-0.1, -0.05) is 24.3 Å². The fraction of sp³-hybridized carbons (Fsp3) is 0.538. The highest BCUT2D eigenvalue weighted by Gasteiger charge is 2.01. The van der Waals surface area contributed by atoms with Crippen LogP contribution in [-0.4, -0.2) is 24.9 Å². The van der Waals surface area contributed by atoms with Crippen LogP contribution >= 0.6 is 0 Å². The first-order valence-corrected chi connectivity index (χ1v) is 5.67. The van der Waals surface area contributed by atoms with E-state index in [4.69, 9.17) is 9.84 Å². The van der Waals surface area contributed by atoms with Crippen LogP contribution in [-0.2, 0) is 17.9 Å². The van der Waals surface area contributed by atoms with Crippen LogP contribution in [0.15, 0.2) is 24.3 Å². The molecule has 0 saturated carbocycles. The van der Waals surface area contributed by atoms with Crippen molar-refractivity contribution in [3.05, 3.63) is 35.4 Å². The summed E-state index contributed by atoms with van der Waals surface area (Å²) >= 11 is 0. The summed E-state index contributed by atoms with van der Waals surface area (Å²) in [6.45, 7) is 3.87. The number of methoxy groups -OCH3 is 1. The summed E-state index contributed by atoms with van der Waals surface area (Å²) < 4.78 is 5.03. The van der Waals surface area contributed by atoms with Gasteiger partial charge in [0, 0.05) is 26.3 Å². The molecule has 0 saturated heterocycles. The van der Waals surface area contributed by atoms with E-state index < -0.39 is 0 Å². The van der Waals surface area contributed by atoms with Gasteiger partial charge in [-0.2, -0.15) is 0 Å². The van der Waals surface area contributed by atoms with Crippen LogP contribution in [0.5, 0.6) is 0 Å². The van der Waals surface area contributed by atoms with E-state index in [9.17, 15) is 0 Å². The van der Waals surface area contributed by atoms with Gasteiger partial charge in [0.2, 0.25) is 0 Å². The Balaban J connectivity index is 2.35. The number of nitrogens with one attached hydrogen (secondary N) is 1. The van der Waals surface area contributed by atoms with Crippen molar-refractivity contribution >= 4 is 0 Å². The Labute approximate surface area is 97.4 Å². The molecule has 0 aliphatic heterocycles. The number of aliphatic hydroxyl groups excluding tert-OH is 1. The Morgan fingerprint density at radius 1 is 1.38 bits per heavy atom. The van der Waals surface area contributed by atoms with E-state index in [1.807, 2.05) is 18.2 Å². The lowest BCUT2D eigenvalue weighted by molar-refractivity contribution is 0.184. The van der Waals surface area contributed by atoms with E-state index in [1.54, 1.807) is 7.11 Å². The summed E-state index contributed by atoms with van der Waals surface area (Å²) in [5, 5.41) is 12.4. The van der Waals surface area contributed by atoms with Crippen molar-refractivity contribution in [1.82, 2.24) is 5.32 Å². The molecule has 3 heteroatoms. The zero-order chi connectivity index (χ0) is 11.8. The van der Waals surface area contributed by atoms with Crippen molar-refractivity contribution < 1.29 is 9.84 Å². The highest BCUT2D eigenvalue weighted by Crippen LogP contribution is 2.05. The lowest BCUT2D eigenvalue weighted by Gasteiger charge is -2.13. The number of hydrogen-bond donors (Lipinski definition) is 2. The molecule has 0 aliphatic rings. The second-order valence-corrected chi connectivity index (χ2v) is 4.04. The van der Waals surface area contributed by atoms with Gasteiger partial charge < -0.3 is 15.2 Å². The summed E-state index contributed by atoms with van der Waals surface area (Å²) in [6, 6.07) is 8.43. The molecule has 0 radical (unpaired) electrons. The Morgan fingerprint density at radius 3 is 2.81 bits per heavy atom. The van der Waals surface area contributed by atoms with Crippen molar-refractivity contribution in [2.75, 3.05) is 13.7 Å². The smallest absolute Gasteiger partial charge is 0.0681 e. The first-order valence-electron chi connectivity index (χ1n) is 5.67. The van der Waals surface area contributed by atoms with Crippen LogP contribution in [0.4, 0.5) is 0 Å². The van der Waals surface area contributed by atoms with E-state index in [0.717, 1.165) is 25.1 Å². The Bertz CT molecular complexity index is 302. The molecule has 3 nitrogen and oxygen atoms in total. The molecule has 0 bridgehead atoms. The highest BCUT2D eigenvalue weighted by atomic mass is 16.5. The molecule has 0 heterocycles. The number of benzene rings is 1. The number of hydrogen-bond acceptors (Lipinski definition) is 3. The van der Waals surface area contributed by atoms with Crippen LogP contribution in [0.2, 0.25) is 0 Å². The Hall–Kier alpha value is -0.900. The van der Waals surface area contributed by atoms with Gasteiger partial charge in [0.15, 0.2) is 0 Å². The van der Waals surface area contributed by atoms with Gasteiger partial charge in [-0.3, -0.25) is 0 Å². The SMILES string of the molecule is COCCC(C)NCc1cccc(CO)c1. The molecule has 1 rings (SSSR count). The van der Waals surface area contributed by atoms with Crippen molar-refractivity contribution in [3.63, 3.8) is 0 Å². The fourth-order valence-electron chi connectivity index (χ4n) is 1.53. The first-order chi connectivity index (χ1) is 7.76. The molecule has 1 unspecified atom stereocenters. The van der Waals surface area contributed by atoms with Crippen molar-refractivity contribution in [1.29, 1.82) is 0 Å².